The molecule has 0 amide bonds. The maximum atomic E-state index is 13.0. The van der Waals surface area contributed by atoms with Crippen molar-refractivity contribution in [1.82, 2.24) is 15.4 Å². The van der Waals surface area contributed by atoms with Crippen molar-refractivity contribution < 1.29 is 12.8 Å². The first-order valence-corrected chi connectivity index (χ1v) is 9.20. The van der Waals surface area contributed by atoms with Gasteiger partial charge in [-0.25, -0.2) is 17.5 Å². The molecule has 0 heterocycles. The van der Waals surface area contributed by atoms with E-state index < -0.39 is 10.0 Å². The molecule has 1 aromatic carbocycles. The zero-order valence-electron chi connectivity index (χ0n) is 13.8. The second-order valence-corrected chi connectivity index (χ2v) is 7.14. The van der Waals surface area contributed by atoms with Crippen LogP contribution in [0.15, 0.2) is 23.2 Å². The molecule has 0 saturated carbocycles. The maximum Gasteiger partial charge on any atom is 0.211 e. The Morgan fingerprint density at radius 1 is 1.22 bits per heavy atom. The predicted molar refractivity (Wildman–Crippen MR) is 91.7 cm³/mol. The smallest absolute Gasteiger partial charge is 0.211 e. The number of benzene rings is 1. The van der Waals surface area contributed by atoms with Crippen molar-refractivity contribution in [3.05, 3.63) is 35.1 Å². The lowest BCUT2D eigenvalue weighted by atomic mass is 10.1. The third kappa shape index (κ3) is 7.43. The first kappa shape index (κ1) is 19.4. The summed E-state index contributed by atoms with van der Waals surface area (Å²) in [5, 5.41) is 6.17. The molecule has 1 rings (SSSR count). The van der Waals surface area contributed by atoms with E-state index in [1.54, 1.807) is 20.0 Å². The van der Waals surface area contributed by atoms with Gasteiger partial charge < -0.3 is 10.6 Å². The largest absolute Gasteiger partial charge is 0.356 e. The van der Waals surface area contributed by atoms with Crippen LogP contribution >= 0.6 is 0 Å². The van der Waals surface area contributed by atoms with E-state index in [-0.39, 0.29) is 11.6 Å². The average molecular weight is 344 g/mol. The lowest BCUT2D eigenvalue weighted by Gasteiger charge is -2.13. The molecule has 0 unspecified atom stereocenters. The van der Waals surface area contributed by atoms with Crippen LogP contribution in [-0.4, -0.2) is 46.8 Å². The molecular weight excluding hydrogens is 319 g/mol. The van der Waals surface area contributed by atoms with Gasteiger partial charge in [0.1, 0.15) is 5.82 Å². The minimum atomic E-state index is -3.17. The van der Waals surface area contributed by atoms with Crippen LogP contribution in [-0.2, 0) is 16.4 Å². The van der Waals surface area contributed by atoms with Crippen molar-refractivity contribution in [3.63, 3.8) is 0 Å². The van der Waals surface area contributed by atoms with Crippen LogP contribution in [0.1, 0.15) is 18.1 Å². The molecular formula is C15H25FN4O2S. The SMILES string of the molecule is CCS(=O)(=O)NCCNC(=NC)NCCc1ccc(F)cc1C. The van der Waals surface area contributed by atoms with E-state index in [4.69, 9.17) is 0 Å². The van der Waals surface area contributed by atoms with Gasteiger partial charge in [-0.1, -0.05) is 6.07 Å². The highest BCUT2D eigenvalue weighted by Gasteiger charge is 2.05. The topological polar surface area (TPSA) is 82.6 Å². The van der Waals surface area contributed by atoms with E-state index in [1.807, 2.05) is 6.92 Å². The highest BCUT2D eigenvalue weighted by molar-refractivity contribution is 7.89. The fraction of sp³-hybridized carbons (Fsp3) is 0.533. The number of nitrogens with zero attached hydrogens (tertiary/aromatic N) is 1. The average Bonchev–Trinajstić information content (AvgIpc) is 2.51. The second-order valence-electron chi connectivity index (χ2n) is 5.04. The van der Waals surface area contributed by atoms with Crippen LogP contribution in [0.5, 0.6) is 0 Å². The first-order valence-electron chi connectivity index (χ1n) is 7.55. The van der Waals surface area contributed by atoms with Crippen LogP contribution in [0.3, 0.4) is 0 Å². The molecule has 0 saturated heterocycles. The number of hydrogen-bond donors (Lipinski definition) is 3. The summed E-state index contributed by atoms with van der Waals surface area (Å²) in [6.07, 6.45) is 0.745. The van der Waals surface area contributed by atoms with E-state index in [0.29, 0.717) is 25.6 Å². The normalized spacial score (nSPS) is 12.3. The Balaban J connectivity index is 2.32. The van der Waals surface area contributed by atoms with Crippen LogP contribution in [0.4, 0.5) is 4.39 Å². The van der Waals surface area contributed by atoms with Gasteiger partial charge in [0.2, 0.25) is 10.0 Å². The summed E-state index contributed by atoms with van der Waals surface area (Å²) >= 11 is 0. The van der Waals surface area contributed by atoms with E-state index in [0.717, 1.165) is 17.5 Å². The molecule has 23 heavy (non-hydrogen) atoms. The Bertz CT molecular complexity index is 632. The van der Waals surface area contributed by atoms with Crippen molar-refractivity contribution in [1.29, 1.82) is 0 Å². The van der Waals surface area contributed by atoms with Crippen molar-refractivity contribution in [2.75, 3.05) is 32.4 Å². The molecule has 3 N–H and O–H groups in total. The second kappa shape index (κ2) is 9.46. The number of nitrogens with one attached hydrogen (secondary N) is 3. The van der Waals surface area contributed by atoms with Gasteiger partial charge in [-0.2, -0.15) is 0 Å². The van der Waals surface area contributed by atoms with E-state index in [1.165, 1.54) is 12.1 Å². The number of hydrogen-bond acceptors (Lipinski definition) is 3. The molecule has 0 aliphatic heterocycles. The summed E-state index contributed by atoms with van der Waals surface area (Å²) < 4.78 is 38.1. The van der Waals surface area contributed by atoms with Crippen LogP contribution in [0.2, 0.25) is 0 Å². The van der Waals surface area contributed by atoms with Crippen molar-refractivity contribution in [2.24, 2.45) is 4.99 Å². The lowest BCUT2D eigenvalue weighted by molar-refractivity contribution is 0.582. The Kier molecular flexibility index (Phi) is 7.97. The third-order valence-electron chi connectivity index (χ3n) is 3.33. The van der Waals surface area contributed by atoms with E-state index in [2.05, 4.69) is 20.3 Å². The molecule has 0 bridgehead atoms. The van der Waals surface area contributed by atoms with Gasteiger partial charge in [-0.05, 0) is 43.5 Å². The van der Waals surface area contributed by atoms with Gasteiger partial charge in [0.15, 0.2) is 5.96 Å². The van der Waals surface area contributed by atoms with Gasteiger partial charge in [-0.3, -0.25) is 4.99 Å². The predicted octanol–water partition coefficient (Wildman–Crippen LogP) is 0.781. The number of aliphatic imine (C=N–C) groups is 1. The summed E-state index contributed by atoms with van der Waals surface area (Å²) in [4.78, 5) is 4.07. The minimum absolute atomic E-state index is 0.0665. The zero-order valence-corrected chi connectivity index (χ0v) is 14.6. The number of rotatable bonds is 8. The summed E-state index contributed by atoms with van der Waals surface area (Å²) in [5.74, 6) is 0.434. The summed E-state index contributed by atoms with van der Waals surface area (Å²) in [5.41, 5.74) is 1.99. The molecule has 0 radical (unpaired) electrons. The van der Waals surface area contributed by atoms with Gasteiger partial charge in [0.25, 0.3) is 0 Å². The fourth-order valence-electron chi connectivity index (χ4n) is 1.97. The number of guanidine groups is 1. The molecule has 0 spiro atoms. The highest BCUT2D eigenvalue weighted by atomic mass is 32.2. The summed E-state index contributed by atoms with van der Waals surface area (Å²) in [6.45, 7) is 4.86. The van der Waals surface area contributed by atoms with Crippen molar-refractivity contribution >= 4 is 16.0 Å². The maximum absolute atomic E-state index is 13.0. The molecule has 0 atom stereocenters. The first-order chi connectivity index (χ1) is 10.9. The van der Waals surface area contributed by atoms with Gasteiger partial charge in [0.05, 0.1) is 5.75 Å². The number of aryl methyl sites for hydroxylation is 1. The lowest BCUT2D eigenvalue weighted by Crippen LogP contribution is -2.42. The van der Waals surface area contributed by atoms with Crippen molar-refractivity contribution in [3.8, 4) is 0 Å². The Labute approximate surface area is 137 Å². The van der Waals surface area contributed by atoms with Gasteiger partial charge in [0, 0.05) is 26.7 Å². The summed E-state index contributed by atoms with van der Waals surface area (Å²) in [6, 6.07) is 4.75. The van der Waals surface area contributed by atoms with Crippen LogP contribution < -0.4 is 15.4 Å². The highest BCUT2D eigenvalue weighted by Crippen LogP contribution is 2.10. The van der Waals surface area contributed by atoms with Gasteiger partial charge in [-0.15, -0.1) is 0 Å². The monoisotopic (exact) mass is 344 g/mol. The summed E-state index contributed by atoms with van der Waals surface area (Å²) in [7, 11) is -1.52. The Hall–Kier alpha value is -1.67. The molecule has 6 nitrogen and oxygen atoms in total. The standard InChI is InChI=1S/C15H25FN4O2S/c1-4-23(21,22)20-10-9-19-15(17-3)18-8-7-13-5-6-14(16)11-12(13)2/h5-6,11,20H,4,7-10H2,1-3H3,(H2,17,18,19). The third-order valence-corrected chi connectivity index (χ3v) is 4.74. The molecule has 0 fully saturated rings. The molecule has 0 aliphatic carbocycles. The molecule has 1 aromatic rings. The minimum Gasteiger partial charge on any atom is -0.356 e. The number of sulfonamides is 1. The number of halogens is 1. The quantitative estimate of drug-likeness (QED) is 0.370. The van der Waals surface area contributed by atoms with E-state index in [9.17, 15) is 12.8 Å². The zero-order chi connectivity index (χ0) is 17.3. The molecule has 0 aliphatic rings. The van der Waals surface area contributed by atoms with Crippen LogP contribution in [0, 0.1) is 12.7 Å². The molecule has 8 heteroatoms. The Morgan fingerprint density at radius 3 is 2.52 bits per heavy atom. The fourth-order valence-corrected chi connectivity index (χ4v) is 2.58. The Morgan fingerprint density at radius 2 is 1.91 bits per heavy atom. The molecule has 130 valence electrons. The van der Waals surface area contributed by atoms with Crippen molar-refractivity contribution in [2.45, 2.75) is 20.3 Å². The molecule has 0 aromatic heterocycles. The van der Waals surface area contributed by atoms with Gasteiger partial charge >= 0.3 is 0 Å². The van der Waals surface area contributed by atoms with Crippen LogP contribution in [0.25, 0.3) is 0 Å². The van der Waals surface area contributed by atoms with E-state index >= 15 is 0 Å².